The van der Waals surface area contributed by atoms with Crippen molar-refractivity contribution in [1.82, 2.24) is 0 Å². The Morgan fingerprint density at radius 2 is 1.54 bits per heavy atom. The maximum absolute atomic E-state index is 12.5. The Kier molecular flexibility index (Phi) is 13.0. The molecule has 0 aliphatic heterocycles. The van der Waals surface area contributed by atoms with Gasteiger partial charge < -0.3 is 24.7 Å². The van der Waals surface area contributed by atoms with Crippen LogP contribution in [0.5, 0.6) is 11.5 Å². The molecule has 9 heteroatoms. The summed E-state index contributed by atoms with van der Waals surface area (Å²) in [5.41, 5.74) is 5.46. The minimum absolute atomic E-state index is 0.0180. The van der Waals surface area contributed by atoms with Crippen molar-refractivity contribution in [2.24, 2.45) is 11.7 Å². The van der Waals surface area contributed by atoms with Crippen LogP contribution in [0.15, 0.2) is 18.2 Å². The molecule has 2 atom stereocenters. The number of esters is 4. The molecule has 0 aromatic heterocycles. The van der Waals surface area contributed by atoms with Gasteiger partial charge in [-0.15, -0.1) is 0 Å². The molecule has 0 saturated carbocycles. The van der Waals surface area contributed by atoms with Crippen molar-refractivity contribution in [3.05, 3.63) is 23.8 Å². The molecule has 0 amide bonds. The van der Waals surface area contributed by atoms with Crippen molar-refractivity contribution in [3.63, 3.8) is 0 Å². The second kappa shape index (κ2) is 15.1. The lowest BCUT2D eigenvalue weighted by Crippen LogP contribution is -2.51. The Balaban J connectivity index is 3.08. The number of benzene rings is 1. The molecule has 0 aliphatic carbocycles. The normalized spacial score (nSPS) is 13.3. The summed E-state index contributed by atoms with van der Waals surface area (Å²) < 4.78 is 21.0. The SMILES string of the molecule is CCCC(=O)Oc1ccc(C[C@](N)(CCOC(=O)CC(C)CC)C(=O)OC)cc1OC(=O)CCC. The minimum Gasteiger partial charge on any atom is -0.468 e. The van der Waals surface area contributed by atoms with E-state index >= 15 is 0 Å². The summed E-state index contributed by atoms with van der Waals surface area (Å²) in [4.78, 5) is 48.6. The van der Waals surface area contributed by atoms with E-state index in [2.05, 4.69) is 0 Å². The van der Waals surface area contributed by atoms with Gasteiger partial charge in [0.05, 0.1) is 13.7 Å². The third-order valence-electron chi connectivity index (χ3n) is 5.50. The topological polar surface area (TPSA) is 131 Å². The lowest BCUT2D eigenvalue weighted by molar-refractivity contribution is -0.151. The third kappa shape index (κ3) is 10.5. The second-order valence-electron chi connectivity index (χ2n) is 8.74. The maximum Gasteiger partial charge on any atom is 0.326 e. The fourth-order valence-electron chi connectivity index (χ4n) is 3.25. The monoisotopic (exact) mass is 493 g/mol. The Morgan fingerprint density at radius 1 is 0.943 bits per heavy atom. The van der Waals surface area contributed by atoms with E-state index in [9.17, 15) is 19.2 Å². The minimum atomic E-state index is -1.49. The van der Waals surface area contributed by atoms with Crippen molar-refractivity contribution in [2.75, 3.05) is 13.7 Å². The fourth-order valence-corrected chi connectivity index (χ4v) is 3.25. The quantitative estimate of drug-likeness (QED) is 0.285. The van der Waals surface area contributed by atoms with Crippen LogP contribution >= 0.6 is 0 Å². The molecule has 0 spiro atoms. The molecule has 0 fully saturated rings. The number of ether oxygens (including phenoxy) is 4. The molecule has 1 aromatic carbocycles. The number of carbonyl (C=O) groups excluding carboxylic acids is 4. The zero-order valence-corrected chi connectivity index (χ0v) is 21.5. The van der Waals surface area contributed by atoms with Gasteiger partial charge in [0.1, 0.15) is 5.54 Å². The van der Waals surface area contributed by atoms with Crippen molar-refractivity contribution in [3.8, 4) is 11.5 Å². The van der Waals surface area contributed by atoms with Crippen molar-refractivity contribution in [2.45, 2.75) is 84.6 Å². The number of rotatable bonds is 15. The van der Waals surface area contributed by atoms with Crippen LogP contribution in [0.3, 0.4) is 0 Å². The van der Waals surface area contributed by atoms with Gasteiger partial charge >= 0.3 is 23.9 Å². The lowest BCUT2D eigenvalue weighted by atomic mass is 9.88. The summed E-state index contributed by atoms with van der Waals surface area (Å²) >= 11 is 0. The van der Waals surface area contributed by atoms with Gasteiger partial charge in [-0.05, 0) is 36.5 Å². The first-order valence-electron chi connectivity index (χ1n) is 12.2. The average molecular weight is 494 g/mol. The van der Waals surface area contributed by atoms with Crippen LogP contribution < -0.4 is 15.2 Å². The van der Waals surface area contributed by atoms with Crippen LogP contribution in [-0.2, 0) is 35.1 Å². The van der Waals surface area contributed by atoms with Gasteiger partial charge in [-0.25, -0.2) is 0 Å². The highest BCUT2D eigenvalue weighted by Crippen LogP contribution is 2.31. The molecule has 9 nitrogen and oxygen atoms in total. The van der Waals surface area contributed by atoms with Crippen LogP contribution in [0, 0.1) is 5.92 Å². The molecule has 0 saturated heterocycles. The Labute approximate surface area is 207 Å². The van der Waals surface area contributed by atoms with E-state index < -0.39 is 23.4 Å². The number of methoxy groups -OCH3 is 1. The van der Waals surface area contributed by atoms with E-state index in [0.717, 1.165) is 6.42 Å². The molecule has 0 heterocycles. The van der Waals surface area contributed by atoms with Gasteiger partial charge in [-0.1, -0.05) is 40.2 Å². The Bertz CT molecular complexity index is 869. The van der Waals surface area contributed by atoms with Crippen molar-refractivity contribution in [1.29, 1.82) is 0 Å². The largest absolute Gasteiger partial charge is 0.468 e. The van der Waals surface area contributed by atoms with Crippen molar-refractivity contribution >= 4 is 23.9 Å². The lowest BCUT2D eigenvalue weighted by Gasteiger charge is -2.27. The van der Waals surface area contributed by atoms with Crippen LogP contribution in [0.4, 0.5) is 0 Å². The third-order valence-corrected chi connectivity index (χ3v) is 5.50. The average Bonchev–Trinajstić information content (AvgIpc) is 2.80. The molecule has 35 heavy (non-hydrogen) atoms. The molecule has 1 aromatic rings. The number of carbonyl (C=O) groups is 4. The van der Waals surface area contributed by atoms with Crippen LogP contribution in [0.1, 0.15) is 78.2 Å². The molecule has 1 unspecified atom stereocenters. The van der Waals surface area contributed by atoms with Gasteiger partial charge in [-0.2, -0.15) is 0 Å². The van der Waals surface area contributed by atoms with Crippen LogP contribution in [0.25, 0.3) is 0 Å². The van der Waals surface area contributed by atoms with E-state index in [-0.39, 0.29) is 62.1 Å². The van der Waals surface area contributed by atoms with E-state index in [4.69, 9.17) is 24.7 Å². The van der Waals surface area contributed by atoms with E-state index in [1.54, 1.807) is 6.07 Å². The highest BCUT2D eigenvalue weighted by molar-refractivity contribution is 5.81. The van der Waals surface area contributed by atoms with Crippen LogP contribution in [-0.4, -0.2) is 43.1 Å². The number of nitrogens with two attached hydrogens (primary N) is 1. The summed E-state index contributed by atoms with van der Waals surface area (Å²) in [5, 5.41) is 0. The maximum atomic E-state index is 12.5. The number of hydrogen-bond acceptors (Lipinski definition) is 9. The molecule has 2 N–H and O–H groups in total. The Hall–Kier alpha value is -2.94. The zero-order valence-electron chi connectivity index (χ0n) is 21.5. The Morgan fingerprint density at radius 3 is 2.09 bits per heavy atom. The first kappa shape index (κ1) is 30.1. The van der Waals surface area contributed by atoms with Gasteiger partial charge in [0.2, 0.25) is 0 Å². The smallest absolute Gasteiger partial charge is 0.326 e. The van der Waals surface area contributed by atoms with Gasteiger partial charge in [0.25, 0.3) is 0 Å². The predicted octanol–water partition coefficient (Wildman–Crippen LogP) is 3.88. The molecule has 0 aliphatic rings. The molecular weight excluding hydrogens is 454 g/mol. The summed E-state index contributed by atoms with van der Waals surface area (Å²) in [5.74, 6) is -1.57. The predicted molar refractivity (Wildman–Crippen MR) is 130 cm³/mol. The van der Waals surface area contributed by atoms with Gasteiger partial charge in [0.15, 0.2) is 11.5 Å². The first-order chi connectivity index (χ1) is 16.6. The zero-order chi connectivity index (χ0) is 26.4. The highest BCUT2D eigenvalue weighted by atomic mass is 16.6. The highest BCUT2D eigenvalue weighted by Gasteiger charge is 2.36. The molecule has 1 rings (SSSR count). The fraction of sp³-hybridized carbons (Fsp3) is 0.615. The summed E-state index contributed by atoms with van der Waals surface area (Å²) in [7, 11) is 1.23. The summed E-state index contributed by atoms with van der Waals surface area (Å²) in [6, 6.07) is 4.65. The van der Waals surface area contributed by atoms with Crippen molar-refractivity contribution < 1.29 is 38.1 Å². The molecule has 196 valence electrons. The first-order valence-corrected chi connectivity index (χ1v) is 12.2. The number of hydrogen-bond donors (Lipinski definition) is 1. The van der Waals surface area contributed by atoms with Gasteiger partial charge in [-0.3, -0.25) is 19.2 Å². The second-order valence-corrected chi connectivity index (χ2v) is 8.74. The molecule has 0 radical (unpaired) electrons. The summed E-state index contributed by atoms with van der Waals surface area (Å²) in [6.07, 6.45) is 2.80. The van der Waals surface area contributed by atoms with Crippen LogP contribution in [0.2, 0.25) is 0 Å². The summed E-state index contributed by atoms with van der Waals surface area (Å²) in [6.45, 7) is 7.59. The van der Waals surface area contributed by atoms with E-state index in [0.29, 0.717) is 18.4 Å². The standard InChI is InChI=1S/C26H39NO8/c1-6-9-22(28)34-20-12-11-19(16-21(20)35-23(29)10-7-2)17-26(27,25(31)32-5)13-14-33-24(30)15-18(4)8-3/h11-12,16,18H,6-10,13-15,17,27H2,1-5H3/t18?,26-/m1/s1. The molecular formula is C26H39NO8. The van der Waals surface area contributed by atoms with Gasteiger partial charge in [0, 0.05) is 32.1 Å². The molecule has 0 bridgehead atoms. The van der Waals surface area contributed by atoms with E-state index in [1.807, 2.05) is 27.7 Å². The van der Waals surface area contributed by atoms with E-state index in [1.165, 1.54) is 19.2 Å².